The fourth-order valence-electron chi connectivity index (χ4n) is 1.88. The van der Waals surface area contributed by atoms with Gasteiger partial charge in [0.15, 0.2) is 0 Å². The van der Waals surface area contributed by atoms with Gasteiger partial charge in [-0.2, -0.15) is 0 Å². The van der Waals surface area contributed by atoms with E-state index in [4.69, 9.17) is 15.2 Å². The Labute approximate surface area is 112 Å². The molecule has 5 nitrogen and oxygen atoms in total. The first-order valence-electron chi connectivity index (χ1n) is 5.98. The van der Waals surface area contributed by atoms with Crippen molar-refractivity contribution in [1.29, 1.82) is 0 Å². The molecule has 19 heavy (non-hydrogen) atoms. The monoisotopic (exact) mass is 259 g/mol. The smallest absolute Gasteiger partial charge is 0.216 e. The van der Waals surface area contributed by atoms with Crippen molar-refractivity contribution in [3.63, 3.8) is 0 Å². The SMILES string of the molecule is COc1cc(C(N)Cc2ccccc2OC)ncn1. The van der Waals surface area contributed by atoms with Crippen LogP contribution in [0.25, 0.3) is 0 Å². The molecule has 1 aromatic heterocycles. The van der Waals surface area contributed by atoms with Crippen LogP contribution in [0.4, 0.5) is 0 Å². The number of methoxy groups -OCH3 is 2. The first-order valence-corrected chi connectivity index (χ1v) is 5.98. The molecule has 2 N–H and O–H groups in total. The Bertz CT molecular complexity index is 546. The third kappa shape index (κ3) is 3.20. The molecule has 0 saturated carbocycles. The largest absolute Gasteiger partial charge is 0.496 e. The van der Waals surface area contributed by atoms with E-state index in [1.54, 1.807) is 20.3 Å². The van der Waals surface area contributed by atoms with Gasteiger partial charge in [0, 0.05) is 6.07 Å². The highest BCUT2D eigenvalue weighted by Gasteiger charge is 2.12. The number of aromatic nitrogens is 2. The van der Waals surface area contributed by atoms with Crippen LogP contribution in [0.5, 0.6) is 11.6 Å². The second-order valence-electron chi connectivity index (χ2n) is 4.11. The fraction of sp³-hybridized carbons (Fsp3) is 0.286. The molecule has 0 aliphatic heterocycles. The number of para-hydroxylation sites is 1. The topological polar surface area (TPSA) is 70.3 Å². The minimum absolute atomic E-state index is 0.229. The molecule has 1 heterocycles. The predicted octanol–water partition coefficient (Wildman–Crippen LogP) is 1.74. The molecule has 2 aromatic rings. The van der Waals surface area contributed by atoms with E-state index >= 15 is 0 Å². The summed E-state index contributed by atoms with van der Waals surface area (Å²) in [6.07, 6.45) is 2.10. The maximum Gasteiger partial charge on any atom is 0.216 e. The van der Waals surface area contributed by atoms with Gasteiger partial charge in [0.2, 0.25) is 5.88 Å². The lowest BCUT2D eigenvalue weighted by Gasteiger charge is -2.14. The molecule has 1 atom stereocenters. The van der Waals surface area contributed by atoms with E-state index in [0.717, 1.165) is 17.0 Å². The first kappa shape index (κ1) is 13.3. The van der Waals surface area contributed by atoms with Gasteiger partial charge >= 0.3 is 0 Å². The van der Waals surface area contributed by atoms with Gasteiger partial charge in [-0.25, -0.2) is 9.97 Å². The van der Waals surface area contributed by atoms with E-state index in [-0.39, 0.29) is 6.04 Å². The molecule has 0 radical (unpaired) electrons. The van der Waals surface area contributed by atoms with Crippen LogP contribution < -0.4 is 15.2 Å². The molecular weight excluding hydrogens is 242 g/mol. The lowest BCUT2D eigenvalue weighted by atomic mass is 10.0. The Morgan fingerprint density at radius 3 is 2.68 bits per heavy atom. The Balaban J connectivity index is 2.18. The van der Waals surface area contributed by atoms with Crippen LogP contribution >= 0.6 is 0 Å². The molecule has 0 aliphatic rings. The molecule has 1 unspecified atom stereocenters. The van der Waals surface area contributed by atoms with E-state index in [0.29, 0.717) is 12.3 Å². The van der Waals surface area contributed by atoms with Gasteiger partial charge in [-0.15, -0.1) is 0 Å². The second kappa shape index (κ2) is 6.15. The van der Waals surface area contributed by atoms with E-state index < -0.39 is 0 Å². The summed E-state index contributed by atoms with van der Waals surface area (Å²) >= 11 is 0. The number of benzene rings is 1. The van der Waals surface area contributed by atoms with Gasteiger partial charge in [0.1, 0.15) is 12.1 Å². The Kier molecular flexibility index (Phi) is 4.30. The summed E-state index contributed by atoms with van der Waals surface area (Å²) in [5, 5.41) is 0. The van der Waals surface area contributed by atoms with Gasteiger partial charge in [-0.05, 0) is 18.1 Å². The lowest BCUT2D eigenvalue weighted by molar-refractivity contribution is 0.394. The van der Waals surface area contributed by atoms with Crippen molar-refractivity contribution in [3.05, 3.63) is 47.9 Å². The van der Waals surface area contributed by atoms with Crippen LogP contribution in [0, 0.1) is 0 Å². The number of hydrogen-bond donors (Lipinski definition) is 1. The number of hydrogen-bond acceptors (Lipinski definition) is 5. The van der Waals surface area contributed by atoms with Crippen molar-refractivity contribution in [2.24, 2.45) is 5.73 Å². The molecule has 0 aliphatic carbocycles. The van der Waals surface area contributed by atoms with Crippen molar-refractivity contribution in [2.75, 3.05) is 14.2 Å². The van der Waals surface area contributed by atoms with E-state index in [1.807, 2.05) is 24.3 Å². The van der Waals surface area contributed by atoms with E-state index in [1.165, 1.54) is 6.33 Å². The third-order valence-electron chi connectivity index (χ3n) is 2.88. The van der Waals surface area contributed by atoms with Crippen LogP contribution in [-0.4, -0.2) is 24.2 Å². The minimum atomic E-state index is -0.229. The Hall–Kier alpha value is -2.14. The zero-order valence-electron chi connectivity index (χ0n) is 11.0. The molecule has 0 saturated heterocycles. The zero-order chi connectivity index (χ0) is 13.7. The molecule has 2 rings (SSSR count). The van der Waals surface area contributed by atoms with Gasteiger partial charge in [-0.1, -0.05) is 18.2 Å². The maximum atomic E-state index is 6.17. The Morgan fingerprint density at radius 1 is 1.16 bits per heavy atom. The zero-order valence-corrected chi connectivity index (χ0v) is 11.0. The summed E-state index contributed by atoms with van der Waals surface area (Å²) in [6.45, 7) is 0. The molecule has 0 bridgehead atoms. The fourth-order valence-corrected chi connectivity index (χ4v) is 1.88. The van der Waals surface area contributed by atoms with E-state index in [2.05, 4.69) is 9.97 Å². The summed E-state index contributed by atoms with van der Waals surface area (Å²) in [5.74, 6) is 1.35. The normalized spacial score (nSPS) is 11.9. The highest BCUT2D eigenvalue weighted by atomic mass is 16.5. The standard InChI is InChI=1S/C14H17N3O2/c1-18-13-6-4-3-5-10(13)7-11(15)12-8-14(19-2)17-9-16-12/h3-6,8-9,11H,7,15H2,1-2H3. The first-order chi connectivity index (χ1) is 9.24. The Morgan fingerprint density at radius 2 is 1.95 bits per heavy atom. The predicted molar refractivity (Wildman–Crippen MR) is 72.2 cm³/mol. The molecule has 1 aromatic carbocycles. The highest BCUT2D eigenvalue weighted by molar-refractivity contribution is 5.34. The van der Waals surface area contributed by atoms with Crippen LogP contribution in [0.2, 0.25) is 0 Å². The molecular formula is C14H17N3O2. The summed E-state index contributed by atoms with van der Waals surface area (Å²) in [4.78, 5) is 8.15. The summed E-state index contributed by atoms with van der Waals surface area (Å²) < 4.78 is 10.4. The number of rotatable bonds is 5. The highest BCUT2D eigenvalue weighted by Crippen LogP contribution is 2.23. The number of nitrogens with two attached hydrogens (primary N) is 1. The van der Waals surface area contributed by atoms with Gasteiger partial charge < -0.3 is 15.2 Å². The van der Waals surface area contributed by atoms with Gasteiger partial charge in [0.25, 0.3) is 0 Å². The van der Waals surface area contributed by atoms with Crippen molar-refractivity contribution < 1.29 is 9.47 Å². The molecule has 100 valence electrons. The lowest BCUT2D eigenvalue weighted by Crippen LogP contribution is -2.15. The molecule has 5 heteroatoms. The summed E-state index contributed by atoms with van der Waals surface area (Å²) in [5.41, 5.74) is 7.97. The van der Waals surface area contributed by atoms with Crippen LogP contribution in [0.3, 0.4) is 0 Å². The van der Waals surface area contributed by atoms with Crippen molar-refractivity contribution in [1.82, 2.24) is 9.97 Å². The van der Waals surface area contributed by atoms with Crippen molar-refractivity contribution >= 4 is 0 Å². The maximum absolute atomic E-state index is 6.17. The molecule has 0 amide bonds. The average molecular weight is 259 g/mol. The van der Waals surface area contributed by atoms with Gasteiger partial charge in [0.05, 0.1) is 26.0 Å². The van der Waals surface area contributed by atoms with Crippen LogP contribution in [0.1, 0.15) is 17.3 Å². The number of ether oxygens (including phenoxy) is 2. The summed E-state index contributed by atoms with van der Waals surface area (Å²) in [7, 11) is 3.22. The number of nitrogens with zero attached hydrogens (tertiary/aromatic N) is 2. The second-order valence-corrected chi connectivity index (χ2v) is 4.11. The van der Waals surface area contributed by atoms with Crippen molar-refractivity contribution in [3.8, 4) is 11.6 Å². The third-order valence-corrected chi connectivity index (χ3v) is 2.88. The van der Waals surface area contributed by atoms with Crippen LogP contribution in [-0.2, 0) is 6.42 Å². The summed E-state index contributed by atoms with van der Waals surface area (Å²) in [6, 6.07) is 9.33. The molecule has 0 fully saturated rings. The van der Waals surface area contributed by atoms with E-state index in [9.17, 15) is 0 Å². The minimum Gasteiger partial charge on any atom is -0.496 e. The van der Waals surface area contributed by atoms with Crippen molar-refractivity contribution in [2.45, 2.75) is 12.5 Å². The quantitative estimate of drug-likeness (QED) is 0.885. The average Bonchev–Trinajstić information content (AvgIpc) is 2.47. The molecule has 0 spiro atoms. The van der Waals surface area contributed by atoms with Crippen LogP contribution in [0.15, 0.2) is 36.7 Å². The van der Waals surface area contributed by atoms with Gasteiger partial charge in [-0.3, -0.25) is 0 Å².